The van der Waals surface area contributed by atoms with Gasteiger partial charge in [0.15, 0.2) is 0 Å². The molecule has 0 N–H and O–H groups in total. The van der Waals surface area contributed by atoms with Gasteiger partial charge in [0.1, 0.15) is 17.2 Å². The fourth-order valence-corrected chi connectivity index (χ4v) is 2.29. The molecule has 4 nitrogen and oxygen atoms in total. The monoisotopic (exact) mass is 308 g/mol. The molecular weight excluding hydrogens is 296 g/mol. The minimum Gasteiger partial charge on any atom is -0.455 e. The molecule has 0 radical (unpaired) electrons. The number of nitrogens with zero attached hydrogens (tertiary/aromatic N) is 2. The van der Waals surface area contributed by atoms with Gasteiger partial charge in [0.05, 0.1) is 5.56 Å². The van der Waals surface area contributed by atoms with Gasteiger partial charge in [0, 0.05) is 30.8 Å². The third kappa shape index (κ3) is 2.18. The number of rotatable bonds is 1. The molecule has 0 spiro atoms. The Morgan fingerprint density at radius 3 is 2.78 bits per heavy atom. The van der Waals surface area contributed by atoms with Gasteiger partial charge in [0.2, 0.25) is 0 Å². The van der Waals surface area contributed by atoms with Gasteiger partial charge in [-0.05, 0) is 35.0 Å². The van der Waals surface area contributed by atoms with Crippen LogP contribution in [0.25, 0.3) is 5.76 Å². The van der Waals surface area contributed by atoms with E-state index in [2.05, 4.69) is 20.9 Å². The lowest BCUT2D eigenvalue weighted by atomic mass is 10.2. The smallest absolute Gasteiger partial charge is 0.261 e. The summed E-state index contributed by atoms with van der Waals surface area (Å²) in [5, 5.41) is 0. The van der Waals surface area contributed by atoms with E-state index in [1.807, 2.05) is 13.0 Å². The van der Waals surface area contributed by atoms with Crippen LogP contribution in [-0.2, 0) is 11.8 Å². The standard InChI is InChI=1S/C13H13BrN2O2/c1-4-11-10(15-2)6-12(18-11)9-5-8(14)7-16(3)13(9)17/h4-7H,1-3H3. The largest absolute Gasteiger partial charge is 0.455 e. The van der Waals surface area contributed by atoms with Crippen molar-refractivity contribution in [2.75, 3.05) is 7.05 Å². The minimum absolute atomic E-state index is 0.0998. The second-order valence-corrected chi connectivity index (χ2v) is 4.78. The van der Waals surface area contributed by atoms with Crippen LogP contribution >= 0.6 is 15.9 Å². The Morgan fingerprint density at radius 2 is 2.22 bits per heavy atom. The first-order chi connectivity index (χ1) is 8.56. The predicted molar refractivity (Wildman–Crippen MR) is 75.6 cm³/mol. The fraction of sp³-hybridized carbons (Fsp3) is 0.231. The summed E-state index contributed by atoms with van der Waals surface area (Å²) >= 11 is 3.37. The molecule has 1 aromatic heterocycles. The zero-order valence-electron chi connectivity index (χ0n) is 10.4. The third-order valence-corrected chi connectivity index (χ3v) is 3.09. The van der Waals surface area contributed by atoms with Crippen molar-refractivity contribution in [2.45, 2.75) is 6.92 Å². The van der Waals surface area contributed by atoms with Crippen LogP contribution in [0.2, 0.25) is 0 Å². The van der Waals surface area contributed by atoms with Crippen molar-refractivity contribution in [1.29, 1.82) is 0 Å². The number of aromatic nitrogens is 1. The molecule has 0 saturated carbocycles. The number of hydrogen-bond donors (Lipinski definition) is 0. The van der Waals surface area contributed by atoms with Crippen LogP contribution in [-0.4, -0.2) is 17.3 Å². The van der Waals surface area contributed by atoms with Crippen molar-refractivity contribution < 1.29 is 4.74 Å². The van der Waals surface area contributed by atoms with Gasteiger partial charge < -0.3 is 9.30 Å². The lowest BCUT2D eigenvalue weighted by molar-refractivity contribution is 0.419. The zero-order chi connectivity index (χ0) is 13.3. The van der Waals surface area contributed by atoms with Gasteiger partial charge >= 0.3 is 0 Å². The number of hydrogen-bond acceptors (Lipinski definition) is 3. The highest BCUT2D eigenvalue weighted by molar-refractivity contribution is 9.10. The van der Waals surface area contributed by atoms with Crippen molar-refractivity contribution in [3.8, 4) is 0 Å². The van der Waals surface area contributed by atoms with Crippen LogP contribution < -0.4 is 5.56 Å². The van der Waals surface area contributed by atoms with Gasteiger partial charge in [-0.3, -0.25) is 9.79 Å². The molecule has 94 valence electrons. The van der Waals surface area contributed by atoms with E-state index in [0.29, 0.717) is 17.1 Å². The molecule has 18 heavy (non-hydrogen) atoms. The molecule has 1 aliphatic heterocycles. The van der Waals surface area contributed by atoms with Crippen LogP contribution in [0.5, 0.6) is 0 Å². The summed E-state index contributed by atoms with van der Waals surface area (Å²) in [7, 11) is 3.40. The van der Waals surface area contributed by atoms with E-state index in [-0.39, 0.29) is 5.56 Å². The molecule has 0 aliphatic carbocycles. The SMILES string of the molecule is CC=C1OC(c2cc(Br)cn(C)c2=O)=CC1=NC. The third-order valence-electron chi connectivity index (χ3n) is 2.66. The van der Waals surface area contributed by atoms with E-state index in [4.69, 9.17) is 4.74 Å². The van der Waals surface area contributed by atoms with Gasteiger partial charge in [-0.25, -0.2) is 0 Å². The number of ether oxygens (including phenoxy) is 1. The van der Waals surface area contributed by atoms with Crippen LogP contribution in [0, 0.1) is 0 Å². The second-order valence-electron chi connectivity index (χ2n) is 3.86. The molecule has 1 aromatic rings. The maximum absolute atomic E-state index is 12.1. The van der Waals surface area contributed by atoms with E-state index in [1.54, 1.807) is 32.4 Å². The van der Waals surface area contributed by atoms with Crippen molar-refractivity contribution in [1.82, 2.24) is 4.57 Å². The maximum Gasteiger partial charge on any atom is 0.261 e. The highest BCUT2D eigenvalue weighted by Crippen LogP contribution is 2.26. The fourth-order valence-electron chi connectivity index (χ4n) is 1.76. The van der Waals surface area contributed by atoms with Crippen molar-refractivity contribution in [3.63, 3.8) is 0 Å². The summed E-state index contributed by atoms with van der Waals surface area (Å²) in [6, 6.07) is 1.75. The average molecular weight is 309 g/mol. The minimum atomic E-state index is -0.0998. The van der Waals surface area contributed by atoms with Gasteiger partial charge in [-0.1, -0.05) is 0 Å². The number of aryl methyl sites for hydroxylation is 1. The number of aliphatic imine (C=N–C) groups is 1. The van der Waals surface area contributed by atoms with Crippen LogP contribution in [0.1, 0.15) is 12.5 Å². The van der Waals surface area contributed by atoms with E-state index >= 15 is 0 Å². The molecule has 0 saturated heterocycles. The highest BCUT2D eigenvalue weighted by Gasteiger charge is 2.21. The summed E-state index contributed by atoms with van der Waals surface area (Å²) in [4.78, 5) is 16.2. The highest BCUT2D eigenvalue weighted by atomic mass is 79.9. The first-order valence-electron chi connectivity index (χ1n) is 5.46. The maximum atomic E-state index is 12.1. The second kappa shape index (κ2) is 4.94. The Hall–Kier alpha value is -1.62. The quantitative estimate of drug-likeness (QED) is 0.800. The molecule has 0 unspecified atom stereocenters. The Balaban J connectivity index is 2.56. The van der Waals surface area contributed by atoms with Crippen molar-refractivity contribution >= 4 is 27.4 Å². The van der Waals surface area contributed by atoms with Gasteiger partial charge in [0.25, 0.3) is 5.56 Å². The molecular formula is C13H13BrN2O2. The summed E-state index contributed by atoms with van der Waals surface area (Å²) < 4.78 is 7.99. The molecule has 0 fully saturated rings. The lowest BCUT2D eigenvalue weighted by Crippen LogP contribution is -2.20. The van der Waals surface area contributed by atoms with E-state index in [0.717, 1.165) is 10.2 Å². The molecule has 0 atom stereocenters. The van der Waals surface area contributed by atoms with Crippen LogP contribution in [0.4, 0.5) is 0 Å². The van der Waals surface area contributed by atoms with Crippen molar-refractivity contribution in [2.24, 2.45) is 12.0 Å². The molecule has 0 amide bonds. The topological polar surface area (TPSA) is 43.6 Å². The summed E-state index contributed by atoms with van der Waals surface area (Å²) in [5.74, 6) is 1.21. The summed E-state index contributed by atoms with van der Waals surface area (Å²) in [6.45, 7) is 1.87. The molecule has 0 aromatic carbocycles. The summed E-state index contributed by atoms with van der Waals surface area (Å²) in [6.07, 6.45) is 5.32. The first kappa shape index (κ1) is 12.8. The number of allylic oxidation sites excluding steroid dienone is 2. The number of pyridine rings is 1. The Kier molecular flexibility index (Phi) is 3.52. The Labute approximate surface area is 113 Å². The molecule has 0 bridgehead atoms. The zero-order valence-corrected chi connectivity index (χ0v) is 12.0. The average Bonchev–Trinajstić information content (AvgIpc) is 2.76. The first-order valence-corrected chi connectivity index (χ1v) is 6.25. The summed E-state index contributed by atoms with van der Waals surface area (Å²) in [5.41, 5.74) is 1.16. The predicted octanol–water partition coefficient (Wildman–Crippen LogP) is 2.49. The molecule has 2 rings (SSSR count). The van der Waals surface area contributed by atoms with Gasteiger partial charge in [-0.2, -0.15) is 0 Å². The molecule has 5 heteroatoms. The molecule has 1 aliphatic rings. The van der Waals surface area contributed by atoms with Crippen LogP contribution in [0.3, 0.4) is 0 Å². The van der Waals surface area contributed by atoms with E-state index < -0.39 is 0 Å². The lowest BCUT2D eigenvalue weighted by Gasteiger charge is -2.06. The van der Waals surface area contributed by atoms with Gasteiger partial charge in [-0.15, -0.1) is 0 Å². The Morgan fingerprint density at radius 1 is 1.50 bits per heavy atom. The van der Waals surface area contributed by atoms with E-state index in [9.17, 15) is 4.79 Å². The molecule has 2 heterocycles. The number of halogens is 1. The Bertz CT molecular complexity index is 639. The normalized spacial score (nSPS) is 19.2. The van der Waals surface area contributed by atoms with Crippen molar-refractivity contribution in [3.05, 3.63) is 50.6 Å². The van der Waals surface area contributed by atoms with Crippen LogP contribution in [0.15, 0.2) is 44.4 Å². The van der Waals surface area contributed by atoms with E-state index in [1.165, 1.54) is 4.57 Å².